The summed E-state index contributed by atoms with van der Waals surface area (Å²) < 4.78 is 10.9. The van der Waals surface area contributed by atoms with E-state index in [0.29, 0.717) is 24.4 Å². The standard InChI is InChI=1S/C23H26N4O3/c1-16(2)30-23(28)21-22(25-18-9-5-4-8-17(18)24-21)27-14-12-26(13-15-27)19-10-6-7-11-20(19)29-3/h4-11,16H,12-15H2,1-3H3. The number of para-hydroxylation sites is 4. The van der Waals surface area contributed by atoms with Crippen LogP contribution < -0.4 is 14.5 Å². The fourth-order valence-corrected chi connectivity index (χ4v) is 3.67. The third-order valence-electron chi connectivity index (χ3n) is 5.09. The van der Waals surface area contributed by atoms with Gasteiger partial charge in [-0.3, -0.25) is 0 Å². The molecule has 1 aromatic heterocycles. The fraction of sp³-hybridized carbons (Fsp3) is 0.348. The topological polar surface area (TPSA) is 67.8 Å². The van der Waals surface area contributed by atoms with Crippen molar-refractivity contribution in [3.63, 3.8) is 0 Å². The third kappa shape index (κ3) is 4.01. The van der Waals surface area contributed by atoms with Crippen molar-refractivity contribution in [3.05, 3.63) is 54.2 Å². The summed E-state index contributed by atoms with van der Waals surface area (Å²) in [6, 6.07) is 15.6. The van der Waals surface area contributed by atoms with E-state index in [1.807, 2.05) is 56.3 Å². The third-order valence-corrected chi connectivity index (χ3v) is 5.09. The number of carbonyl (C=O) groups is 1. The summed E-state index contributed by atoms with van der Waals surface area (Å²) in [5.74, 6) is 1.00. The number of benzene rings is 2. The second-order valence-electron chi connectivity index (χ2n) is 7.48. The SMILES string of the molecule is COc1ccccc1N1CCN(c2nc3ccccc3nc2C(=O)OC(C)C)CC1. The number of fused-ring (bicyclic) bond motifs is 1. The quantitative estimate of drug-likeness (QED) is 0.601. The number of nitrogens with zero attached hydrogens (tertiary/aromatic N) is 4. The Bertz CT molecular complexity index is 1050. The average molecular weight is 406 g/mol. The zero-order valence-corrected chi connectivity index (χ0v) is 17.5. The molecule has 1 aliphatic heterocycles. The molecule has 0 unspecified atom stereocenters. The molecule has 2 aromatic carbocycles. The van der Waals surface area contributed by atoms with Crippen LogP contribution in [0.1, 0.15) is 24.3 Å². The largest absolute Gasteiger partial charge is 0.495 e. The maximum Gasteiger partial charge on any atom is 0.361 e. The van der Waals surface area contributed by atoms with Crippen LogP contribution >= 0.6 is 0 Å². The lowest BCUT2D eigenvalue weighted by molar-refractivity contribution is 0.0371. The molecule has 0 amide bonds. The second-order valence-corrected chi connectivity index (χ2v) is 7.48. The van der Waals surface area contributed by atoms with Gasteiger partial charge >= 0.3 is 5.97 Å². The highest BCUT2D eigenvalue weighted by Gasteiger charge is 2.27. The van der Waals surface area contributed by atoms with Gasteiger partial charge in [-0.2, -0.15) is 0 Å². The fourth-order valence-electron chi connectivity index (χ4n) is 3.67. The molecule has 0 radical (unpaired) electrons. The highest BCUT2D eigenvalue weighted by Crippen LogP contribution is 2.30. The Labute approximate surface area is 176 Å². The highest BCUT2D eigenvalue weighted by atomic mass is 16.5. The van der Waals surface area contributed by atoms with Gasteiger partial charge in [0.2, 0.25) is 0 Å². The molecule has 156 valence electrons. The van der Waals surface area contributed by atoms with Crippen LogP contribution in [0.15, 0.2) is 48.5 Å². The zero-order valence-electron chi connectivity index (χ0n) is 17.5. The maximum absolute atomic E-state index is 12.8. The summed E-state index contributed by atoms with van der Waals surface area (Å²) in [4.78, 5) is 26.5. The van der Waals surface area contributed by atoms with Crippen LogP contribution in [-0.2, 0) is 4.74 Å². The van der Waals surface area contributed by atoms with Gasteiger partial charge in [0.1, 0.15) is 5.75 Å². The number of hydrogen-bond donors (Lipinski definition) is 0. The van der Waals surface area contributed by atoms with Crippen molar-refractivity contribution in [1.29, 1.82) is 0 Å². The summed E-state index contributed by atoms with van der Waals surface area (Å²) in [6.07, 6.45) is -0.221. The number of ether oxygens (including phenoxy) is 2. The molecule has 0 saturated carbocycles. The molecule has 1 fully saturated rings. The molecule has 3 aromatic rings. The second kappa shape index (κ2) is 8.57. The maximum atomic E-state index is 12.8. The Morgan fingerprint density at radius 3 is 2.17 bits per heavy atom. The molecule has 0 atom stereocenters. The van der Waals surface area contributed by atoms with Gasteiger partial charge < -0.3 is 19.3 Å². The summed E-state index contributed by atoms with van der Waals surface area (Å²) in [7, 11) is 1.69. The summed E-state index contributed by atoms with van der Waals surface area (Å²) in [5.41, 5.74) is 2.79. The first-order valence-electron chi connectivity index (χ1n) is 10.2. The van der Waals surface area contributed by atoms with Crippen molar-refractivity contribution >= 4 is 28.5 Å². The molecule has 0 spiro atoms. The molecule has 2 heterocycles. The smallest absolute Gasteiger partial charge is 0.361 e. The van der Waals surface area contributed by atoms with Crippen molar-refractivity contribution < 1.29 is 14.3 Å². The van der Waals surface area contributed by atoms with Crippen LogP contribution in [0.3, 0.4) is 0 Å². The minimum Gasteiger partial charge on any atom is -0.495 e. The lowest BCUT2D eigenvalue weighted by Gasteiger charge is -2.37. The Morgan fingerprint density at radius 1 is 0.900 bits per heavy atom. The van der Waals surface area contributed by atoms with E-state index < -0.39 is 5.97 Å². The van der Waals surface area contributed by atoms with Gasteiger partial charge in [0.05, 0.1) is 29.9 Å². The van der Waals surface area contributed by atoms with Gasteiger partial charge in [-0.05, 0) is 38.1 Å². The Balaban J connectivity index is 1.62. The van der Waals surface area contributed by atoms with Crippen molar-refractivity contribution in [3.8, 4) is 5.75 Å². The molecule has 7 nitrogen and oxygen atoms in total. The number of hydrogen-bond acceptors (Lipinski definition) is 7. The minimum absolute atomic E-state index is 0.221. The monoisotopic (exact) mass is 406 g/mol. The molecule has 1 saturated heterocycles. The normalized spacial score (nSPS) is 14.3. The average Bonchev–Trinajstić information content (AvgIpc) is 2.78. The van der Waals surface area contributed by atoms with Crippen molar-refractivity contribution in [1.82, 2.24) is 9.97 Å². The van der Waals surface area contributed by atoms with Gasteiger partial charge in [-0.1, -0.05) is 24.3 Å². The van der Waals surface area contributed by atoms with E-state index in [-0.39, 0.29) is 11.8 Å². The summed E-state index contributed by atoms with van der Waals surface area (Å²) in [5, 5.41) is 0. The number of anilines is 2. The minimum atomic E-state index is -0.439. The molecular formula is C23H26N4O3. The molecule has 0 aliphatic carbocycles. The molecule has 1 aliphatic rings. The number of methoxy groups -OCH3 is 1. The number of aromatic nitrogens is 2. The van der Waals surface area contributed by atoms with E-state index in [1.165, 1.54) is 0 Å². The van der Waals surface area contributed by atoms with Crippen LogP contribution in [0, 0.1) is 0 Å². The van der Waals surface area contributed by atoms with E-state index >= 15 is 0 Å². The Hall–Kier alpha value is -3.35. The Kier molecular flexibility index (Phi) is 5.70. The molecule has 4 rings (SSSR count). The number of rotatable bonds is 5. The van der Waals surface area contributed by atoms with Gasteiger partial charge in [-0.25, -0.2) is 14.8 Å². The molecule has 7 heteroatoms. The summed E-state index contributed by atoms with van der Waals surface area (Å²) in [6.45, 7) is 6.66. The van der Waals surface area contributed by atoms with E-state index in [1.54, 1.807) is 7.11 Å². The van der Waals surface area contributed by atoms with Crippen LogP contribution in [-0.4, -0.2) is 55.3 Å². The lowest BCUT2D eigenvalue weighted by atomic mass is 10.2. The van der Waals surface area contributed by atoms with Crippen LogP contribution in [0.25, 0.3) is 11.0 Å². The van der Waals surface area contributed by atoms with Crippen molar-refractivity contribution in [2.75, 3.05) is 43.1 Å². The van der Waals surface area contributed by atoms with E-state index in [4.69, 9.17) is 14.5 Å². The number of esters is 1. The summed E-state index contributed by atoms with van der Waals surface area (Å²) >= 11 is 0. The Morgan fingerprint density at radius 2 is 1.50 bits per heavy atom. The van der Waals surface area contributed by atoms with Gasteiger partial charge in [0.25, 0.3) is 0 Å². The highest BCUT2D eigenvalue weighted by molar-refractivity contribution is 5.95. The predicted octanol–water partition coefficient (Wildman–Crippen LogP) is 3.53. The first-order valence-corrected chi connectivity index (χ1v) is 10.2. The first-order chi connectivity index (χ1) is 14.6. The molecule has 0 N–H and O–H groups in total. The van der Waals surface area contributed by atoms with Crippen LogP contribution in [0.4, 0.5) is 11.5 Å². The van der Waals surface area contributed by atoms with Crippen molar-refractivity contribution in [2.45, 2.75) is 20.0 Å². The molecular weight excluding hydrogens is 380 g/mol. The van der Waals surface area contributed by atoms with Crippen molar-refractivity contribution in [2.24, 2.45) is 0 Å². The molecule has 0 bridgehead atoms. The predicted molar refractivity (Wildman–Crippen MR) is 118 cm³/mol. The lowest BCUT2D eigenvalue weighted by Crippen LogP contribution is -2.47. The van der Waals surface area contributed by atoms with Crippen LogP contribution in [0.5, 0.6) is 5.75 Å². The van der Waals surface area contributed by atoms with Crippen LogP contribution in [0.2, 0.25) is 0 Å². The van der Waals surface area contributed by atoms with Gasteiger partial charge in [0.15, 0.2) is 11.5 Å². The van der Waals surface area contributed by atoms with E-state index in [2.05, 4.69) is 20.9 Å². The number of piperazine rings is 1. The zero-order chi connectivity index (χ0) is 21.1. The first kappa shape index (κ1) is 19.9. The van der Waals surface area contributed by atoms with E-state index in [0.717, 1.165) is 30.0 Å². The van der Waals surface area contributed by atoms with Gasteiger partial charge in [-0.15, -0.1) is 0 Å². The number of carbonyl (C=O) groups excluding carboxylic acids is 1. The molecule has 30 heavy (non-hydrogen) atoms. The van der Waals surface area contributed by atoms with Gasteiger partial charge in [0, 0.05) is 26.2 Å². The van der Waals surface area contributed by atoms with E-state index in [9.17, 15) is 4.79 Å².